The topological polar surface area (TPSA) is 61.4 Å². The minimum Gasteiger partial charge on any atom is -0.353 e. The quantitative estimate of drug-likeness (QED) is 0.902. The lowest BCUT2D eigenvalue weighted by atomic mass is 9.87. The van der Waals surface area contributed by atoms with Crippen LogP contribution in [0.2, 0.25) is 0 Å². The Morgan fingerprint density at radius 3 is 2.52 bits per heavy atom. The van der Waals surface area contributed by atoms with Gasteiger partial charge in [-0.3, -0.25) is 9.69 Å². The smallest absolute Gasteiger partial charge is 0.238 e. The maximum absolute atomic E-state index is 12.5. The molecule has 1 aromatic carbocycles. The first-order valence-corrected chi connectivity index (χ1v) is 9.59. The number of carbonyl (C=O) groups excluding carboxylic acids is 1. The summed E-state index contributed by atoms with van der Waals surface area (Å²) in [6.07, 6.45) is 1.16. The molecule has 2 atom stereocenters. The van der Waals surface area contributed by atoms with Crippen molar-refractivity contribution in [3.63, 3.8) is 0 Å². The lowest BCUT2D eigenvalue weighted by Gasteiger charge is -2.56. The van der Waals surface area contributed by atoms with Crippen LogP contribution in [-0.2, 0) is 4.79 Å². The van der Waals surface area contributed by atoms with Gasteiger partial charge in [-0.25, -0.2) is 9.97 Å². The van der Waals surface area contributed by atoms with Gasteiger partial charge in [-0.1, -0.05) is 17.7 Å². The van der Waals surface area contributed by atoms with Crippen LogP contribution in [0, 0.1) is 27.7 Å². The number of benzene rings is 1. The zero-order valence-electron chi connectivity index (χ0n) is 16.5. The van der Waals surface area contributed by atoms with Crippen molar-refractivity contribution in [3.8, 4) is 0 Å². The van der Waals surface area contributed by atoms with Crippen molar-refractivity contribution in [1.29, 1.82) is 0 Å². The summed E-state index contributed by atoms with van der Waals surface area (Å²) in [5, 5.41) is 3.07. The molecule has 2 bridgehead atoms. The van der Waals surface area contributed by atoms with Crippen molar-refractivity contribution in [1.82, 2.24) is 14.9 Å². The van der Waals surface area contributed by atoms with Gasteiger partial charge in [0, 0.05) is 42.6 Å². The fourth-order valence-corrected chi connectivity index (χ4v) is 4.30. The van der Waals surface area contributed by atoms with Crippen LogP contribution < -0.4 is 10.2 Å². The molecule has 3 aliphatic rings. The highest BCUT2D eigenvalue weighted by atomic mass is 16.2. The Hall–Kier alpha value is -2.47. The number of nitrogens with one attached hydrogen (secondary N) is 1. The second-order valence-electron chi connectivity index (χ2n) is 7.90. The molecule has 0 saturated carbocycles. The van der Waals surface area contributed by atoms with Gasteiger partial charge >= 0.3 is 0 Å². The summed E-state index contributed by atoms with van der Waals surface area (Å²) < 4.78 is 0. The molecule has 27 heavy (non-hydrogen) atoms. The molecule has 3 saturated heterocycles. The number of piperidine rings is 1. The van der Waals surface area contributed by atoms with Crippen LogP contribution in [-0.4, -0.2) is 52.5 Å². The van der Waals surface area contributed by atoms with Crippen LogP contribution in [0.4, 0.5) is 11.5 Å². The van der Waals surface area contributed by atoms with Gasteiger partial charge in [0.1, 0.15) is 11.6 Å². The molecule has 4 heterocycles. The molecular weight excluding hydrogens is 338 g/mol. The van der Waals surface area contributed by atoms with Crippen molar-refractivity contribution in [2.75, 3.05) is 29.9 Å². The van der Waals surface area contributed by atoms with Crippen molar-refractivity contribution in [2.24, 2.45) is 0 Å². The number of piperazine rings is 1. The first-order chi connectivity index (χ1) is 12.9. The first-order valence-electron chi connectivity index (χ1n) is 9.59. The zero-order chi connectivity index (χ0) is 19.1. The van der Waals surface area contributed by atoms with E-state index in [4.69, 9.17) is 0 Å². The number of aryl methyl sites for hydroxylation is 4. The van der Waals surface area contributed by atoms with E-state index in [1.165, 1.54) is 5.56 Å². The first kappa shape index (κ1) is 17.9. The SMILES string of the molecule is Cc1ccc(NC(=O)CN2C3CC2CN(c2cc(C)nc(C)n2)C3)c(C)c1. The highest BCUT2D eigenvalue weighted by molar-refractivity contribution is 5.93. The third-order valence-corrected chi connectivity index (χ3v) is 5.60. The lowest BCUT2D eigenvalue weighted by molar-refractivity contribution is -0.121. The maximum atomic E-state index is 12.5. The molecule has 2 unspecified atom stereocenters. The van der Waals surface area contributed by atoms with Gasteiger partial charge in [0.2, 0.25) is 5.91 Å². The summed E-state index contributed by atoms with van der Waals surface area (Å²) >= 11 is 0. The summed E-state index contributed by atoms with van der Waals surface area (Å²) in [4.78, 5) is 26.2. The predicted molar refractivity (Wildman–Crippen MR) is 107 cm³/mol. The summed E-state index contributed by atoms with van der Waals surface area (Å²) in [5.74, 6) is 1.89. The van der Waals surface area contributed by atoms with Crippen LogP contribution in [0.3, 0.4) is 0 Å². The fourth-order valence-electron chi connectivity index (χ4n) is 4.30. The Morgan fingerprint density at radius 2 is 1.85 bits per heavy atom. The summed E-state index contributed by atoms with van der Waals surface area (Å²) in [7, 11) is 0. The molecular formula is C21H27N5O. The average molecular weight is 365 g/mol. The van der Waals surface area contributed by atoms with Crippen LogP contribution in [0.25, 0.3) is 0 Å². The standard InChI is InChI=1S/C21H27N5O/c1-13-5-6-19(14(2)7-13)24-21(27)12-26-17-9-18(26)11-25(10-17)20-8-15(3)22-16(4)23-20/h5-8,17-18H,9-12H2,1-4H3,(H,24,27). The minimum atomic E-state index is 0.0684. The van der Waals surface area contributed by atoms with Crippen molar-refractivity contribution < 1.29 is 4.79 Å². The van der Waals surface area contributed by atoms with Crippen LogP contribution in [0.5, 0.6) is 0 Å². The van der Waals surface area contributed by atoms with E-state index in [1.54, 1.807) is 0 Å². The number of aromatic nitrogens is 2. The van der Waals surface area contributed by atoms with E-state index in [2.05, 4.69) is 44.1 Å². The third-order valence-electron chi connectivity index (χ3n) is 5.60. The van der Waals surface area contributed by atoms with Crippen molar-refractivity contribution >= 4 is 17.4 Å². The molecule has 142 valence electrons. The van der Waals surface area contributed by atoms with E-state index in [0.717, 1.165) is 48.1 Å². The van der Waals surface area contributed by atoms with Crippen LogP contribution >= 0.6 is 0 Å². The van der Waals surface area contributed by atoms with E-state index in [-0.39, 0.29) is 5.91 Å². The second-order valence-corrected chi connectivity index (χ2v) is 7.90. The highest BCUT2D eigenvalue weighted by Crippen LogP contribution is 2.34. The normalized spacial score (nSPS) is 21.7. The van der Waals surface area contributed by atoms with Gasteiger partial charge in [-0.2, -0.15) is 0 Å². The Morgan fingerprint density at radius 1 is 1.11 bits per heavy atom. The number of nitrogens with zero attached hydrogens (tertiary/aromatic N) is 4. The third kappa shape index (κ3) is 3.67. The number of hydrogen-bond acceptors (Lipinski definition) is 5. The molecule has 6 nitrogen and oxygen atoms in total. The molecule has 0 aliphatic carbocycles. The average Bonchev–Trinajstić information content (AvgIpc) is 2.61. The van der Waals surface area contributed by atoms with Crippen molar-refractivity contribution in [2.45, 2.75) is 46.2 Å². The van der Waals surface area contributed by atoms with Crippen molar-refractivity contribution in [3.05, 3.63) is 46.9 Å². The van der Waals surface area contributed by atoms with Crippen LogP contribution in [0.15, 0.2) is 24.3 Å². The maximum Gasteiger partial charge on any atom is 0.238 e. The highest BCUT2D eigenvalue weighted by Gasteiger charge is 2.45. The summed E-state index contributed by atoms with van der Waals surface area (Å²) in [6, 6.07) is 9.01. The zero-order valence-corrected chi connectivity index (χ0v) is 16.5. The Kier molecular flexibility index (Phi) is 4.60. The number of carbonyl (C=O) groups is 1. The summed E-state index contributed by atoms with van der Waals surface area (Å²) in [6.45, 7) is 10.3. The monoisotopic (exact) mass is 365 g/mol. The predicted octanol–water partition coefficient (Wildman–Crippen LogP) is 2.61. The lowest BCUT2D eigenvalue weighted by Crippen LogP contribution is -2.69. The Labute approximate surface area is 160 Å². The molecule has 1 N–H and O–H groups in total. The molecule has 2 aromatic rings. The van der Waals surface area contributed by atoms with Gasteiger partial charge in [0.05, 0.1) is 6.54 Å². The van der Waals surface area contributed by atoms with Gasteiger partial charge in [-0.15, -0.1) is 0 Å². The molecule has 6 heteroatoms. The van der Waals surface area contributed by atoms with E-state index in [0.29, 0.717) is 18.6 Å². The number of anilines is 2. The molecule has 0 spiro atoms. The second kappa shape index (κ2) is 6.93. The number of rotatable bonds is 4. The fraction of sp³-hybridized carbons (Fsp3) is 0.476. The molecule has 1 aromatic heterocycles. The van der Waals surface area contributed by atoms with Gasteiger partial charge in [0.25, 0.3) is 0 Å². The Bertz CT molecular complexity index is 849. The molecule has 5 rings (SSSR count). The molecule has 0 radical (unpaired) electrons. The van der Waals surface area contributed by atoms with Gasteiger partial charge in [-0.05, 0) is 45.7 Å². The van der Waals surface area contributed by atoms with Crippen LogP contribution in [0.1, 0.15) is 29.1 Å². The molecule has 3 aliphatic heterocycles. The van der Waals surface area contributed by atoms with E-state index in [9.17, 15) is 4.79 Å². The van der Waals surface area contributed by atoms with Gasteiger partial charge < -0.3 is 10.2 Å². The number of hydrogen-bond donors (Lipinski definition) is 1. The van der Waals surface area contributed by atoms with E-state index in [1.807, 2.05) is 32.9 Å². The van der Waals surface area contributed by atoms with E-state index >= 15 is 0 Å². The molecule has 1 amide bonds. The largest absolute Gasteiger partial charge is 0.353 e. The Balaban J connectivity index is 1.37. The van der Waals surface area contributed by atoms with Gasteiger partial charge in [0.15, 0.2) is 0 Å². The number of amides is 1. The number of fused-ring (bicyclic) bond motifs is 2. The molecule has 3 fully saturated rings. The minimum absolute atomic E-state index is 0.0684. The van der Waals surface area contributed by atoms with E-state index < -0.39 is 0 Å². The summed E-state index contributed by atoms with van der Waals surface area (Å²) in [5.41, 5.74) is 4.22.